The maximum atomic E-state index is 14.4. The summed E-state index contributed by atoms with van der Waals surface area (Å²) in [5, 5.41) is 4.62. The first kappa shape index (κ1) is 28.7. The first-order valence-corrected chi connectivity index (χ1v) is 18.1. The Kier molecular flexibility index (Phi) is 6.23. The summed E-state index contributed by atoms with van der Waals surface area (Å²) in [4.78, 5) is 5.48. The topological polar surface area (TPSA) is 52.0 Å². The van der Waals surface area contributed by atoms with E-state index in [1.807, 2.05) is 71.3 Å². The maximum absolute atomic E-state index is 14.4. The number of hydrogen-bond donors (Lipinski definition) is 0. The average Bonchev–Trinajstić information content (AvgIpc) is 3.57. The van der Waals surface area contributed by atoms with Gasteiger partial charge in [-0.1, -0.05) is 140 Å². The smallest absolute Gasteiger partial charge is 0.210 e. The Labute approximate surface area is 289 Å². The molecule has 0 atom stereocenters. The molecule has 9 aromatic rings. The summed E-state index contributed by atoms with van der Waals surface area (Å²) in [6.45, 7) is 0. The molecule has 1 aliphatic heterocycles. The van der Waals surface area contributed by atoms with E-state index in [4.69, 9.17) is 4.98 Å². The fourth-order valence-corrected chi connectivity index (χ4v) is 9.39. The van der Waals surface area contributed by atoms with Crippen molar-refractivity contribution in [2.45, 2.75) is 9.79 Å². The summed E-state index contributed by atoms with van der Waals surface area (Å²) < 4.78 is 30.7. The molecule has 1 aliphatic rings. The Morgan fingerprint density at radius 1 is 0.420 bits per heavy atom. The third kappa shape index (κ3) is 4.17. The van der Waals surface area contributed by atoms with Crippen LogP contribution in [0.3, 0.4) is 0 Å². The van der Waals surface area contributed by atoms with Crippen LogP contribution in [0.5, 0.6) is 0 Å². The lowest BCUT2D eigenvalue weighted by Crippen LogP contribution is -2.15. The monoisotopic (exact) mass is 660 g/mol. The predicted molar refractivity (Wildman–Crippen MR) is 203 cm³/mol. The summed E-state index contributed by atoms with van der Waals surface area (Å²) in [6.07, 6.45) is 0. The van der Waals surface area contributed by atoms with E-state index < -0.39 is 9.84 Å². The van der Waals surface area contributed by atoms with Gasteiger partial charge in [-0.3, -0.25) is 4.57 Å². The molecule has 0 fully saturated rings. The lowest BCUT2D eigenvalue weighted by Gasteiger charge is -2.22. The van der Waals surface area contributed by atoms with Crippen molar-refractivity contribution >= 4 is 42.4 Å². The third-order valence-corrected chi connectivity index (χ3v) is 11.7. The van der Waals surface area contributed by atoms with Crippen molar-refractivity contribution in [3.05, 3.63) is 170 Å². The number of hydrogen-bond acceptors (Lipinski definition) is 3. The van der Waals surface area contributed by atoms with Crippen molar-refractivity contribution in [3.8, 4) is 50.5 Å². The van der Waals surface area contributed by atoms with Gasteiger partial charge in [0.1, 0.15) is 5.82 Å². The lowest BCUT2D eigenvalue weighted by molar-refractivity contribution is 0.594. The van der Waals surface area contributed by atoms with Crippen molar-refractivity contribution in [2.75, 3.05) is 0 Å². The minimum atomic E-state index is -3.83. The molecule has 0 amide bonds. The van der Waals surface area contributed by atoms with Crippen molar-refractivity contribution in [2.24, 2.45) is 0 Å². The van der Waals surface area contributed by atoms with Gasteiger partial charge in [0, 0.05) is 5.56 Å². The molecule has 0 saturated heterocycles. The minimum absolute atomic E-state index is 0.275. The number of aromatic nitrogens is 2. The third-order valence-electron chi connectivity index (χ3n) is 9.93. The van der Waals surface area contributed by atoms with E-state index in [0.29, 0.717) is 16.7 Å². The van der Waals surface area contributed by atoms with Crippen LogP contribution in [0.2, 0.25) is 0 Å². The largest absolute Gasteiger partial charge is 0.290 e. The van der Waals surface area contributed by atoms with Gasteiger partial charge in [0.05, 0.1) is 26.5 Å². The Balaban J connectivity index is 1.24. The van der Waals surface area contributed by atoms with Gasteiger partial charge in [-0.2, -0.15) is 0 Å². The molecule has 4 nitrogen and oxygen atoms in total. The number of sulfone groups is 1. The first-order valence-electron chi connectivity index (χ1n) is 16.6. The minimum Gasteiger partial charge on any atom is -0.290 e. The second-order valence-corrected chi connectivity index (χ2v) is 14.6. The molecule has 5 heteroatoms. The van der Waals surface area contributed by atoms with E-state index in [2.05, 4.69) is 91.0 Å². The van der Waals surface area contributed by atoms with Crippen LogP contribution in [-0.2, 0) is 9.84 Å². The molecule has 0 bridgehead atoms. The molecule has 0 N–H and O–H groups in total. The number of fused-ring (bicyclic) bond motifs is 4. The molecule has 236 valence electrons. The van der Waals surface area contributed by atoms with E-state index in [1.165, 1.54) is 16.3 Å². The van der Waals surface area contributed by atoms with Crippen LogP contribution in [0.15, 0.2) is 180 Å². The summed E-state index contributed by atoms with van der Waals surface area (Å²) in [6, 6.07) is 57.3. The zero-order chi connectivity index (χ0) is 33.4. The average molecular weight is 661 g/mol. The summed E-state index contributed by atoms with van der Waals surface area (Å²) in [5.74, 6) is 0.718. The zero-order valence-corrected chi connectivity index (χ0v) is 27.6. The summed E-state index contributed by atoms with van der Waals surface area (Å²) in [5.41, 5.74) is 9.21. The quantitative estimate of drug-likeness (QED) is 0.177. The Morgan fingerprint density at radius 3 is 1.62 bits per heavy atom. The molecular weight excluding hydrogens is 633 g/mol. The molecule has 0 aliphatic carbocycles. The Morgan fingerprint density at radius 2 is 0.960 bits per heavy atom. The molecule has 50 heavy (non-hydrogen) atoms. The number of nitrogens with zero attached hydrogens (tertiary/aromatic N) is 2. The molecule has 0 saturated carbocycles. The zero-order valence-electron chi connectivity index (χ0n) is 26.8. The highest BCUT2D eigenvalue weighted by molar-refractivity contribution is 7.92. The van der Waals surface area contributed by atoms with Crippen LogP contribution in [0, 0.1) is 0 Å². The highest BCUT2D eigenvalue weighted by Crippen LogP contribution is 2.46. The number of imidazole rings is 1. The molecule has 0 radical (unpaired) electrons. The van der Waals surface area contributed by atoms with Crippen molar-refractivity contribution in [1.29, 1.82) is 0 Å². The highest BCUT2D eigenvalue weighted by Gasteiger charge is 2.34. The van der Waals surface area contributed by atoms with Crippen molar-refractivity contribution in [3.63, 3.8) is 0 Å². The van der Waals surface area contributed by atoms with E-state index in [-0.39, 0.29) is 9.79 Å². The Hall–Kier alpha value is -6.30. The Bertz CT molecular complexity index is 2920. The van der Waals surface area contributed by atoms with E-state index >= 15 is 0 Å². The molecular formula is C45H28N2O2S. The number of rotatable bonds is 4. The molecule has 1 aromatic heterocycles. The molecule has 8 aromatic carbocycles. The molecule has 10 rings (SSSR count). The van der Waals surface area contributed by atoms with Crippen LogP contribution < -0.4 is 0 Å². The fourth-order valence-electron chi connectivity index (χ4n) is 7.73. The normalized spacial score (nSPS) is 13.1. The second-order valence-electron chi connectivity index (χ2n) is 12.7. The van der Waals surface area contributed by atoms with Crippen LogP contribution >= 0.6 is 0 Å². The lowest BCUT2D eigenvalue weighted by atomic mass is 9.85. The van der Waals surface area contributed by atoms with Gasteiger partial charge in [0.25, 0.3) is 0 Å². The number of para-hydroxylation sites is 1. The van der Waals surface area contributed by atoms with E-state index in [0.717, 1.165) is 50.0 Å². The maximum Gasteiger partial charge on any atom is 0.210 e. The van der Waals surface area contributed by atoms with Crippen molar-refractivity contribution in [1.82, 2.24) is 9.55 Å². The van der Waals surface area contributed by atoms with Gasteiger partial charge in [-0.05, 0) is 85.3 Å². The highest BCUT2D eigenvalue weighted by atomic mass is 32.2. The van der Waals surface area contributed by atoms with Gasteiger partial charge in [0.15, 0.2) is 0 Å². The van der Waals surface area contributed by atoms with E-state index in [9.17, 15) is 8.42 Å². The van der Waals surface area contributed by atoms with Gasteiger partial charge < -0.3 is 0 Å². The van der Waals surface area contributed by atoms with Crippen LogP contribution in [0.25, 0.3) is 83.0 Å². The van der Waals surface area contributed by atoms with Gasteiger partial charge in [-0.25, -0.2) is 13.4 Å². The molecule has 0 unspecified atom stereocenters. The molecule has 2 heterocycles. The van der Waals surface area contributed by atoms with Gasteiger partial charge >= 0.3 is 0 Å². The predicted octanol–water partition coefficient (Wildman–Crippen LogP) is 11.1. The van der Waals surface area contributed by atoms with Crippen LogP contribution in [0.1, 0.15) is 0 Å². The summed E-state index contributed by atoms with van der Waals surface area (Å²) in [7, 11) is -3.83. The fraction of sp³-hybridized carbons (Fsp3) is 0. The molecule has 0 spiro atoms. The van der Waals surface area contributed by atoms with Gasteiger partial charge in [0.2, 0.25) is 9.84 Å². The first-order chi connectivity index (χ1) is 24.6. The van der Waals surface area contributed by atoms with Gasteiger partial charge in [-0.15, -0.1) is 0 Å². The van der Waals surface area contributed by atoms with E-state index in [1.54, 1.807) is 12.1 Å². The van der Waals surface area contributed by atoms with Crippen molar-refractivity contribution < 1.29 is 8.42 Å². The number of benzene rings is 8. The van der Waals surface area contributed by atoms with Crippen LogP contribution in [0.4, 0.5) is 0 Å². The summed E-state index contributed by atoms with van der Waals surface area (Å²) >= 11 is 0. The standard InChI is InChI=1S/C45H28N2O2S/c48-50(49)40-22-12-21-38-44(40)47(45(46-38)31-17-8-3-9-18-31)39-26-24-33(28-41(39)50)32-23-25-36-37(27-32)43(30-15-6-2-7-16-30)35-20-11-10-19-34(35)42(36)29-13-4-1-5-14-29/h1-28H. The van der Waals surface area contributed by atoms with Crippen LogP contribution in [-0.4, -0.2) is 18.0 Å². The second kappa shape index (κ2) is 10.9. The SMILES string of the molecule is O=S1(=O)c2cc(-c3ccc4c(-c5ccccc5)c5ccccc5c(-c5ccccc5)c4c3)ccc2-n2c(-c3ccccc3)nc3cccc1c32.